The highest BCUT2D eigenvalue weighted by atomic mass is 79.9. The second kappa shape index (κ2) is 8.40. The Hall–Kier alpha value is -2.25. The van der Waals surface area contributed by atoms with Gasteiger partial charge in [0.15, 0.2) is 0 Å². The van der Waals surface area contributed by atoms with Gasteiger partial charge in [-0.2, -0.15) is 5.26 Å². The third-order valence-corrected chi connectivity index (χ3v) is 3.70. The fraction of sp³-hybridized carbons (Fsp3) is 0.211. The Morgan fingerprint density at radius 1 is 1.09 bits per heavy atom. The number of nitriles is 1. The molecule has 0 aliphatic heterocycles. The first-order valence-corrected chi connectivity index (χ1v) is 8.24. The van der Waals surface area contributed by atoms with Crippen LogP contribution < -0.4 is 9.47 Å². The van der Waals surface area contributed by atoms with Crippen molar-refractivity contribution >= 4 is 27.6 Å². The molecule has 118 valence electrons. The van der Waals surface area contributed by atoms with Gasteiger partial charge >= 0.3 is 0 Å². The van der Waals surface area contributed by atoms with E-state index in [1.54, 1.807) is 0 Å². The third-order valence-electron chi connectivity index (χ3n) is 3.17. The van der Waals surface area contributed by atoms with Gasteiger partial charge < -0.3 is 9.47 Å². The average molecular weight is 372 g/mol. The Morgan fingerprint density at radius 3 is 2.39 bits per heavy atom. The topological polar surface area (TPSA) is 42.2 Å². The van der Waals surface area contributed by atoms with Crippen LogP contribution in [-0.2, 0) is 0 Å². The summed E-state index contributed by atoms with van der Waals surface area (Å²) in [6.45, 7) is 5.02. The molecule has 2 aromatic carbocycles. The molecule has 0 radical (unpaired) electrons. The highest BCUT2D eigenvalue weighted by Gasteiger charge is 2.07. The lowest BCUT2D eigenvalue weighted by Crippen LogP contribution is -1.97. The first-order chi connectivity index (χ1) is 11.2. The zero-order valence-electron chi connectivity index (χ0n) is 13.2. The van der Waals surface area contributed by atoms with E-state index >= 15 is 0 Å². The number of halogens is 1. The summed E-state index contributed by atoms with van der Waals surface area (Å²) in [4.78, 5) is 0. The summed E-state index contributed by atoms with van der Waals surface area (Å²) in [7, 11) is 0. The van der Waals surface area contributed by atoms with Crippen molar-refractivity contribution in [2.45, 2.75) is 13.8 Å². The van der Waals surface area contributed by atoms with E-state index in [9.17, 15) is 5.26 Å². The van der Waals surface area contributed by atoms with E-state index in [4.69, 9.17) is 9.47 Å². The number of rotatable bonds is 6. The third kappa shape index (κ3) is 4.61. The largest absolute Gasteiger partial charge is 0.494 e. The Kier molecular flexibility index (Phi) is 6.25. The van der Waals surface area contributed by atoms with Gasteiger partial charge in [-0.1, -0.05) is 28.1 Å². The van der Waals surface area contributed by atoms with Crippen LogP contribution in [0.2, 0.25) is 0 Å². The average Bonchev–Trinajstić information content (AvgIpc) is 2.56. The Balaban J connectivity index is 2.42. The minimum atomic E-state index is 0.552. The van der Waals surface area contributed by atoms with Crippen LogP contribution in [0.25, 0.3) is 11.6 Å². The van der Waals surface area contributed by atoms with Crippen molar-refractivity contribution in [3.63, 3.8) is 0 Å². The van der Waals surface area contributed by atoms with Crippen molar-refractivity contribution in [3.8, 4) is 17.6 Å². The van der Waals surface area contributed by atoms with Gasteiger partial charge in [0.2, 0.25) is 0 Å². The Morgan fingerprint density at radius 2 is 1.78 bits per heavy atom. The molecule has 4 heteroatoms. The van der Waals surface area contributed by atoms with Crippen LogP contribution in [0, 0.1) is 11.3 Å². The molecule has 23 heavy (non-hydrogen) atoms. The molecule has 0 unspecified atom stereocenters. The van der Waals surface area contributed by atoms with Gasteiger partial charge in [0, 0.05) is 16.1 Å². The Bertz CT molecular complexity index is 730. The fourth-order valence-corrected chi connectivity index (χ4v) is 2.40. The fourth-order valence-electron chi connectivity index (χ4n) is 2.14. The maximum atomic E-state index is 9.47. The van der Waals surface area contributed by atoms with E-state index in [2.05, 4.69) is 22.0 Å². The van der Waals surface area contributed by atoms with Crippen LogP contribution in [0.5, 0.6) is 11.5 Å². The van der Waals surface area contributed by atoms with Crippen LogP contribution in [-0.4, -0.2) is 13.2 Å². The molecule has 2 rings (SSSR count). The van der Waals surface area contributed by atoms with Crippen LogP contribution in [0.3, 0.4) is 0 Å². The summed E-state index contributed by atoms with van der Waals surface area (Å²) in [5, 5.41) is 9.47. The number of nitrogens with zero attached hydrogens (tertiary/aromatic N) is 1. The molecule has 0 saturated carbocycles. The van der Waals surface area contributed by atoms with Gasteiger partial charge in [0.05, 0.1) is 24.9 Å². The normalized spacial score (nSPS) is 11.0. The number of benzene rings is 2. The number of hydrogen-bond acceptors (Lipinski definition) is 3. The zero-order chi connectivity index (χ0) is 16.7. The summed E-state index contributed by atoms with van der Waals surface area (Å²) >= 11 is 3.40. The number of allylic oxidation sites excluding steroid dienone is 1. The van der Waals surface area contributed by atoms with Crippen molar-refractivity contribution in [2.75, 3.05) is 13.2 Å². The van der Waals surface area contributed by atoms with Crippen LogP contribution in [0.1, 0.15) is 25.0 Å². The monoisotopic (exact) mass is 371 g/mol. The van der Waals surface area contributed by atoms with Crippen LogP contribution in [0.4, 0.5) is 0 Å². The molecule has 0 aliphatic rings. The smallest absolute Gasteiger partial charge is 0.130 e. The lowest BCUT2D eigenvalue weighted by atomic mass is 10.0. The molecule has 3 nitrogen and oxygen atoms in total. The molecule has 0 amide bonds. The van der Waals surface area contributed by atoms with Crippen LogP contribution >= 0.6 is 15.9 Å². The molecule has 0 saturated heterocycles. The highest BCUT2D eigenvalue weighted by Crippen LogP contribution is 2.29. The SMILES string of the molecule is CCOc1ccc(/C=C(/C#N)c2ccc(Br)cc2)c(OCC)c1. The predicted octanol–water partition coefficient (Wildman–Crippen LogP) is 5.31. The van der Waals surface area contributed by atoms with E-state index in [0.717, 1.165) is 21.3 Å². The molecule has 0 spiro atoms. The van der Waals surface area contributed by atoms with E-state index in [-0.39, 0.29) is 0 Å². The first kappa shape index (κ1) is 17.1. The van der Waals surface area contributed by atoms with E-state index in [1.165, 1.54) is 0 Å². The quantitative estimate of drug-likeness (QED) is 0.510. The van der Waals surface area contributed by atoms with Gasteiger partial charge in [-0.3, -0.25) is 0 Å². The van der Waals surface area contributed by atoms with Crippen molar-refractivity contribution in [1.82, 2.24) is 0 Å². The number of ether oxygens (including phenoxy) is 2. The molecule has 0 heterocycles. The summed E-state index contributed by atoms with van der Waals surface area (Å²) < 4.78 is 12.2. The van der Waals surface area contributed by atoms with Crippen molar-refractivity contribution < 1.29 is 9.47 Å². The molecule has 0 atom stereocenters. The van der Waals surface area contributed by atoms with Crippen molar-refractivity contribution in [2.24, 2.45) is 0 Å². The minimum Gasteiger partial charge on any atom is -0.494 e. The summed E-state index contributed by atoms with van der Waals surface area (Å²) in [5.41, 5.74) is 2.31. The van der Waals surface area contributed by atoms with Gasteiger partial charge in [-0.05, 0) is 49.8 Å². The van der Waals surface area contributed by atoms with Crippen molar-refractivity contribution in [1.29, 1.82) is 5.26 Å². The predicted molar refractivity (Wildman–Crippen MR) is 96.4 cm³/mol. The second-order valence-corrected chi connectivity index (χ2v) is 5.66. The maximum Gasteiger partial charge on any atom is 0.130 e. The maximum absolute atomic E-state index is 9.47. The molecule has 2 aromatic rings. The molecule has 0 fully saturated rings. The van der Waals surface area contributed by atoms with E-state index in [1.807, 2.05) is 62.4 Å². The molecule has 0 bridgehead atoms. The first-order valence-electron chi connectivity index (χ1n) is 7.45. The molecular formula is C19H18BrNO2. The lowest BCUT2D eigenvalue weighted by molar-refractivity contribution is 0.322. The van der Waals surface area contributed by atoms with E-state index < -0.39 is 0 Å². The number of hydrogen-bond donors (Lipinski definition) is 0. The van der Waals surface area contributed by atoms with E-state index in [0.29, 0.717) is 24.5 Å². The van der Waals surface area contributed by atoms with Gasteiger partial charge in [0.25, 0.3) is 0 Å². The summed E-state index contributed by atoms with van der Waals surface area (Å²) in [6.07, 6.45) is 1.84. The van der Waals surface area contributed by atoms with Crippen molar-refractivity contribution in [3.05, 3.63) is 58.1 Å². The zero-order valence-corrected chi connectivity index (χ0v) is 14.8. The highest BCUT2D eigenvalue weighted by molar-refractivity contribution is 9.10. The second-order valence-electron chi connectivity index (χ2n) is 4.74. The standard InChI is InChI=1S/C19H18BrNO2/c1-3-22-18-10-7-15(19(12-18)23-4-2)11-16(13-21)14-5-8-17(20)9-6-14/h5-12H,3-4H2,1-2H3/b16-11-. The molecule has 0 aliphatic carbocycles. The molecular weight excluding hydrogens is 354 g/mol. The Labute approximate surface area is 145 Å². The lowest BCUT2D eigenvalue weighted by Gasteiger charge is -2.11. The molecule has 0 aromatic heterocycles. The summed E-state index contributed by atoms with van der Waals surface area (Å²) in [5.74, 6) is 1.47. The van der Waals surface area contributed by atoms with Crippen LogP contribution in [0.15, 0.2) is 46.9 Å². The molecule has 0 N–H and O–H groups in total. The summed E-state index contributed by atoms with van der Waals surface area (Å²) in [6, 6.07) is 15.6. The minimum absolute atomic E-state index is 0.552. The van der Waals surface area contributed by atoms with Gasteiger partial charge in [-0.25, -0.2) is 0 Å². The van der Waals surface area contributed by atoms with Gasteiger partial charge in [-0.15, -0.1) is 0 Å². The van der Waals surface area contributed by atoms with Gasteiger partial charge in [0.1, 0.15) is 11.5 Å².